The highest BCUT2D eigenvalue weighted by Crippen LogP contribution is 2.33. The molecule has 6 amide bonds. The molecule has 0 N–H and O–H groups in total. The first-order valence-electron chi connectivity index (χ1n) is 5.42. The van der Waals surface area contributed by atoms with Crippen LogP contribution in [0.15, 0.2) is 0 Å². The normalized spacial score (nSPS) is 27.1. The Morgan fingerprint density at radius 1 is 0.833 bits per heavy atom. The number of likely N-dealkylation sites (N-methyl/N-ethyl adjacent to an activating group) is 2. The smallest absolute Gasteiger partial charge is 0.303 e. The molecule has 2 aliphatic rings. The highest BCUT2D eigenvalue weighted by molar-refractivity contribution is 6.05. The fraction of sp³-hybridized carbons (Fsp3) is 0.600. The van der Waals surface area contributed by atoms with E-state index in [-0.39, 0.29) is 6.03 Å². The van der Waals surface area contributed by atoms with Gasteiger partial charge in [0.2, 0.25) is 11.8 Å². The molecule has 0 saturated carbocycles. The first-order chi connectivity index (χ1) is 8.29. The summed E-state index contributed by atoms with van der Waals surface area (Å²) in [6.45, 7) is 2.46. The van der Waals surface area contributed by atoms with E-state index in [2.05, 4.69) is 0 Å². The van der Waals surface area contributed by atoms with Gasteiger partial charge in [-0.2, -0.15) is 0 Å². The summed E-state index contributed by atoms with van der Waals surface area (Å²) in [5.74, 6) is -0.984. The van der Waals surface area contributed by atoms with Gasteiger partial charge in [0.25, 0.3) is 0 Å². The second kappa shape index (κ2) is 3.69. The minimum absolute atomic E-state index is 0.338. The molecule has 18 heavy (non-hydrogen) atoms. The van der Waals surface area contributed by atoms with Crippen molar-refractivity contribution in [2.75, 3.05) is 14.1 Å². The van der Waals surface area contributed by atoms with E-state index in [9.17, 15) is 19.2 Å². The van der Waals surface area contributed by atoms with Crippen molar-refractivity contribution in [3.63, 3.8) is 0 Å². The van der Waals surface area contributed by atoms with Crippen molar-refractivity contribution in [2.24, 2.45) is 0 Å². The Labute approximate surface area is 104 Å². The predicted octanol–water partition coefficient (Wildman–Crippen LogP) is -0.534. The SMILES string of the molecule is CC(=O)N1C(=O)N(C(C)=O)[C@H]2[C@@H]1N(C)C(=O)N2C. The third kappa shape index (κ3) is 1.31. The van der Waals surface area contributed by atoms with E-state index in [1.54, 1.807) is 0 Å². The molecular weight excluding hydrogens is 240 g/mol. The fourth-order valence-corrected chi connectivity index (χ4v) is 2.47. The number of carbonyl (C=O) groups excluding carboxylic acids is 4. The molecule has 0 unspecified atom stereocenters. The molecule has 2 saturated heterocycles. The lowest BCUT2D eigenvalue weighted by Crippen LogP contribution is -2.47. The molecule has 0 radical (unpaired) electrons. The molecule has 98 valence electrons. The Morgan fingerprint density at radius 2 is 1.17 bits per heavy atom. The van der Waals surface area contributed by atoms with Crippen molar-refractivity contribution in [3.8, 4) is 0 Å². The Kier molecular flexibility index (Phi) is 2.53. The summed E-state index contributed by atoms with van der Waals surface area (Å²) in [6, 6.07) is -1.02. The highest BCUT2D eigenvalue weighted by atomic mass is 16.2. The summed E-state index contributed by atoms with van der Waals surface area (Å²) in [5.41, 5.74) is 0. The highest BCUT2D eigenvalue weighted by Gasteiger charge is 2.59. The van der Waals surface area contributed by atoms with Gasteiger partial charge in [-0.05, 0) is 0 Å². The van der Waals surface area contributed by atoms with Crippen LogP contribution in [0.4, 0.5) is 9.59 Å². The summed E-state index contributed by atoms with van der Waals surface area (Å²) in [6.07, 6.45) is -1.51. The molecule has 8 heteroatoms. The molecule has 2 heterocycles. The average molecular weight is 254 g/mol. The van der Waals surface area contributed by atoms with E-state index in [1.165, 1.54) is 37.7 Å². The van der Waals surface area contributed by atoms with Crippen LogP contribution in [0.5, 0.6) is 0 Å². The lowest BCUT2D eigenvalue weighted by Gasteiger charge is -2.23. The van der Waals surface area contributed by atoms with Crippen LogP contribution >= 0.6 is 0 Å². The third-order valence-corrected chi connectivity index (χ3v) is 3.28. The third-order valence-electron chi connectivity index (χ3n) is 3.28. The number of amides is 6. The number of imide groups is 2. The van der Waals surface area contributed by atoms with Crippen molar-refractivity contribution >= 4 is 23.9 Å². The Bertz CT molecular complexity index is 425. The van der Waals surface area contributed by atoms with Gasteiger partial charge in [-0.3, -0.25) is 9.59 Å². The molecule has 0 aromatic heterocycles. The van der Waals surface area contributed by atoms with Gasteiger partial charge in [0.15, 0.2) is 12.3 Å². The zero-order valence-electron chi connectivity index (χ0n) is 10.6. The summed E-state index contributed by atoms with van der Waals surface area (Å²) in [5, 5.41) is 0. The molecule has 2 fully saturated rings. The Morgan fingerprint density at radius 3 is 1.44 bits per heavy atom. The largest absolute Gasteiger partial charge is 0.337 e. The predicted molar refractivity (Wildman–Crippen MR) is 58.9 cm³/mol. The van der Waals surface area contributed by atoms with E-state index >= 15 is 0 Å². The molecule has 0 aromatic carbocycles. The number of hydrogen-bond acceptors (Lipinski definition) is 4. The maximum absolute atomic E-state index is 12.0. The number of urea groups is 2. The van der Waals surface area contributed by atoms with Crippen LogP contribution < -0.4 is 0 Å². The molecule has 0 bridgehead atoms. The van der Waals surface area contributed by atoms with Gasteiger partial charge in [0, 0.05) is 27.9 Å². The fourth-order valence-electron chi connectivity index (χ4n) is 2.47. The first kappa shape index (κ1) is 12.3. The summed E-state index contributed by atoms with van der Waals surface area (Å²) in [4.78, 5) is 51.4. The van der Waals surface area contributed by atoms with E-state index < -0.39 is 30.2 Å². The second-order valence-electron chi connectivity index (χ2n) is 4.39. The monoisotopic (exact) mass is 254 g/mol. The maximum Gasteiger partial charge on any atom is 0.337 e. The van der Waals surface area contributed by atoms with E-state index in [1.807, 2.05) is 0 Å². The molecule has 0 aliphatic carbocycles. The second-order valence-corrected chi connectivity index (χ2v) is 4.39. The van der Waals surface area contributed by atoms with Gasteiger partial charge in [-0.15, -0.1) is 0 Å². The van der Waals surface area contributed by atoms with Crippen LogP contribution in [0.3, 0.4) is 0 Å². The summed E-state index contributed by atoms with van der Waals surface area (Å²) >= 11 is 0. The minimum atomic E-state index is -0.753. The van der Waals surface area contributed by atoms with Gasteiger partial charge in [-0.1, -0.05) is 0 Å². The zero-order chi connectivity index (χ0) is 13.8. The standard InChI is InChI=1S/C10H14N4O4/c1-5(15)13-7-8(12(4)9(17)11(7)3)14(6(2)16)10(13)18/h7-8H,1-4H3/t7-,8+. The molecule has 0 spiro atoms. The van der Waals surface area contributed by atoms with Crippen LogP contribution in [0.2, 0.25) is 0 Å². The topological polar surface area (TPSA) is 81.2 Å². The van der Waals surface area contributed by atoms with Gasteiger partial charge < -0.3 is 9.80 Å². The van der Waals surface area contributed by atoms with E-state index in [0.717, 1.165) is 9.80 Å². The maximum atomic E-state index is 12.0. The molecule has 8 nitrogen and oxygen atoms in total. The number of rotatable bonds is 0. The van der Waals surface area contributed by atoms with Gasteiger partial charge in [0.05, 0.1) is 0 Å². The molecular formula is C10H14N4O4. The molecule has 2 aliphatic heterocycles. The van der Waals surface area contributed by atoms with Crippen molar-refractivity contribution in [1.29, 1.82) is 0 Å². The van der Waals surface area contributed by atoms with Gasteiger partial charge in [0.1, 0.15) is 0 Å². The Hall–Kier alpha value is -2.12. The van der Waals surface area contributed by atoms with Crippen molar-refractivity contribution in [1.82, 2.24) is 19.6 Å². The van der Waals surface area contributed by atoms with Crippen LogP contribution in [-0.2, 0) is 9.59 Å². The number of nitrogens with zero attached hydrogens (tertiary/aromatic N) is 4. The summed E-state index contributed by atoms with van der Waals surface area (Å²) < 4.78 is 0. The summed E-state index contributed by atoms with van der Waals surface area (Å²) in [7, 11) is 2.99. The first-order valence-corrected chi connectivity index (χ1v) is 5.42. The number of carbonyl (C=O) groups is 4. The van der Waals surface area contributed by atoms with Crippen molar-refractivity contribution < 1.29 is 19.2 Å². The quantitative estimate of drug-likeness (QED) is 0.581. The van der Waals surface area contributed by atoms with Crippen LogP contribution in [0.1, 0.15) is 13.8 Å². The van der Waals surface area contributed by atoms with Crippen molar-refractivity contribution in [3.05, 3.63) is 0 Å². The lowest BCUT2D eigenvalue weighted by molar-refractivity contribution is -0.129. The lowest BCUT2D eigenvalue weighted by atomic mass is 10.3. The number of fused-ring (bicyclic) bond motifs is 1. The van der Waals surface area contributed by atoms with Crippen LogP contribution in [0.25, 0.3) is 0 Å². The average Bonchev–Trinajstić information content (AvgIpc) is 2.68. The van der Waals surface area contributed by atoms with Crippen molar-refractivity contribution in [2.45, 2.75) is 26.2 Å². The molecule has 0 aromatic rings. The van der Waals surface area contributed by atoms with Crippen LogP contribution in [0, 0.1) is 0 Å². The van der Waals surface area contributed by atoms with Gasteiger partial charge in [-0.25, -0.2) is 19.4 Å². The minimum Gasteiger partial charge on any atom is -0.303 e. The van der Waals surface area contributed by atoms with E-state index in [4.69, 9.17) is 0 Å². The Balaban J connectivity index is 2.51. The molecule has 2 rings (SSSR count). The van der Waals surface area contributed by atoms with E-state index in [0.29, 0.717) is 0 Å². The number of hydrogen-bond donors (Lipinski definition) is 0. The molecule has 2 atom stereocenters. The zero-order valence-corrected chi connectivity index (χ0v) is 10.6. The van der Waals surface area contributed by atoms with Gasteiger partial charge >= 0.3 is 12.1 Å². The van der Waals surface area contributed by atoms with Crippen LogP contribution in [-0.4, -0.2) is 69.9 Å².